The van der Waals surface area contributed by atoms with Gasteiger partial charge in [0.2, 0.25) is 11.6 Å². The first-order valence-corrected chi connectivity index (χ1v) is 4.06. The highest BCUT2D eigenvalue weighted by molar-refractivity contribution is 5.61. The first kappa shape index (κ1) is 11.8. The van der Waals surface area contributed by atoms with E-state index in [1.807, 2.05) is 0 Å². The number of benzene rings is 1. The van der Waals surface area contributed by atoms with Crippen LogP contribution in [0, 0.1) is 33.0 Å². The van der Waals surface area contributed by atoms with Crippen molar-refractivity contribution in [3.05, 3.63) is 37.7 Å². The third-order valence-electron chi connectivity index (χ3n) is 2.01. The molecule has 0 unspecified atom stereocenters. The Morgan fingerprint density at radius 2 is 1.75 bits per heavy atom. The lowest BCUT2D eigenvalue weighted by Crippen LogP contribution is -2.03. The van der Waals surface area contributed by atoms with Crippen molar-refractivity contribution < 1.29 is 19.0 Å². The molecule has 0 atom stereocenters. The summed E-state index contributed by atoms with van der Waals surface area (Å²) in [5, 5.41) is 21.2. The van der Waals surface area contributed by atoms with Crippen LogP contribution in [0.4, 0.5) is 15.8 Å². The van der Waals surface area contributed by atoms with Crippen LogP contribution in [-0.2, 0) is 0 Å². The summed E-state index contributed by atoms with van der Waals surface area (Å²) in [6.07, 6.45) is 0. The average Bonchev–Trinajstić information content (AvgIpc) is 2.14. The van der Waals surface area contributed by atoms with Gasteiger partial charge in [0.1, 0.15) is 5.56 Å². The summed E-state index contributed by atoms with van der Waals surface area (Å²) in [6, 6.07) is 0.628. The van der Waals surface area contributed by atoms with Crippen LogP contribution >= 0.6 is 0 Å². The van der Waals surface area contributed by atoms with Crippen LogP contribution < -0.4 is 4.74 Å². The second-order valence-corrected chi connectivity index (χ2v) is 2.90. The number of hydrogen-bond donors (Lipinski definition) is 0. The zero-order chi connectivity index (χ0) is 12.5. The van der Waals surface area contributed by atoms with Gasteiger partial charge in [-0.3, -0.25) is 20.2 Å². The van der Waals surface area contributed by atoms with Crippen molar-refractivity contribution in [1.29, 1.82) is 0 Å². The Balaban J connectivity index is 3.65. The summed E-state index contributed by atoms with van der Waals surface area (Å²) in [7, 11) is 1.12. The van der Waals surface area contributed by atoms with Crippen LogP contribution in [0.25, 0.3) is 0 Å². The largest absolute Gasteiger partial charge is 0.490 e. The molecule has 1 rings (SSSR count). The second-order valence-electron chi connectivity index (χ2n) is 2.90. The first-order chi connectivity index (χ1) is 7.40. The Labute approximate surface area is 88.7 Å². The predicted octanol–water partition coefficient (Wildman–Crippen LogP) is 1.96. The highest BCUT2D eigenvalue weighted by Crippen LogP contribution is 2.38. The van der Waals surface area contributed by atoms with E-state index in [0.717, 1.165) is 14.0 Å². The highest BCUT2D eigenvalue weighted by atomic mass is 19.1. The zero-order valence-electron chi connectivity index (χ0n) is 8.39. The van der Waals surface area contributed by atoms with Crippen LogP contribution in [0.15, 0.2) is 6.07 Å². The summed E-state index contributed by atoms with van der Waals surface area (Å²) in [6.45, 7) is 1.10. The summed E-state index contributed by atoms with van der Waals surface area (Å²) in [5.74, 6) is -1.50. The fraction of sp³-hybridized carbons (Fsp3) is 0.250. The van der Waals surface area contributed by atoms with Gasteiger partial charge in [0, 0.05) is 6.07 Å². The van der Waals surface area contributed by atoms with E-state index in [9.17, 15) is 24.6 Å². The van der Waals surface area contributed by atoms with Crippen molar-refractivity contribution >= 4 is 11.4 Å². The van der Waals surface area contributed by atoms with Gasteiger partial charge in [0.25, 0.3) is 0 Å². The van der Waals surface area contributed by atoms with Gasteiger partial charge in [0.05, 0.1) is 17.0 Å². The smallest absolute Gasteiger partial charge is 0.320 e. The average molecular weight is 230 g/mol. The van der Waals surface area contributed by atoms with Gasteiger partial charge in [-0.25, -0.2) is 0 Å². The fourth-order valence-corrected chi connectivity index (χ4v) is 1.33. The van der Waals surface area contributed by atoms with Crippen LogP contribution in [0.2, 0.25) is 0 Å². The Hall–Kier alpha value is -2.25. The van der Waals surface area contributed by atoms with Crippen LogP contribution in [0.5, 0.6) is 5.75 Å². The van der Waals surface area contributed by atoms with Gasteiger partial charge in [-0.05, 0) is 6.92 Å². The van der Waals surface area contributed by atoms with Crippen LogP contribution in [0.3, 0.4) is 0 Å². The molecule has 0 amide bonds. The monoisotopic (exact) mass is 230 g/mol. The van der Waals surface area contributed by atoms with E-state index in [1.54, 1.807) is 0 Å². The van der Waals surface area contributed by atoms with Crippen molar-refractivity contribution in [3.63, 3.8) is 0 Å². The van der Waals surface area contributed by atoms with E-state index < -0.39 is 27.0 Å². The topological polar surface area (TPSA) is 95.5 Å². The van der Waals surface area contributed by atoms with Gasteiger partial charge < -0.3 is 4.74 Å². The Morgan fingerprint density at radius 1 is 1.25 bits per heavy atom. The second kappa shape index (κ2) is 4.09. The molecule has 7 nitrogen and oxygen atoms in total. The van der Waals surface area contributed by atoms with Crippen molar-refractivity contribution in [1.82, 2.24) is 0 Å². The van der Waals surface area contributed by atoms with Gasteiger partial charge in [-0.15, -0.1) is 0 Å². The molecule has 0 aliphatic carbocycles. The minimum Gasteiger partial charge on any atom is -0.490 e. The number of ether oxygens (including phenoxy) is 1. The minimum absolute atomic E-state index is 0.342. The molecular formula is C8H7FN2O5. The molecule has 0 radical (unpaired) electrons. The molecule has 0 aliphatic heterocycles. The quantitative estimate of drug-likeness (QED) is 0.584. The summed E-state index contributed by atoms with van der Waals surface area (Å²) in [5.41, 5.74) is -1.88. The van der Waals surface area contributed by atoms with Crippen LogP contribution in [-0.4, -0.2) is 17.0 Å². The standard InChI is InChI=1S/C8H7FN2O5/c1-4-7(10(12)13)5(9)3-6(16-2)8(4)11(14)15/h3H,1-2H3. The normalized spacial score (nSPS) is 9.94. The molecule has 86 valence electrons. The first-order valence-electron chi connectivity index (χ1n) is 4.06. The van der Waals surface area contributed by atoms with Gasteiger partial charge >= 0.3 is 11.4 Å². The molecular weight excluding hydrogens is 223 g/mol. The number of nitro groups is 2. The van der Waals surface area contributed by atoms with Gasteiger partial charge in [-0.1, -0.05) is 0 Å². The third kappa shape index (κ3) is 1.76. The summed E-state index contributed by atoms with van der Waals surface area (Å²) in [4.78, 5) is 19.3. The number of nitro benzene ring substituents is 2. The highest BCUT2D eigenvalue weighted by Gasteiger charge is 2.31. The molecule has 0 saturated heterocycles. The van der Waals surface area contributed by atoms with E-state index in [2.05, 4.69) is 4.74 Å². The summed E-state index contributed by atoms with van der Waals surface area (Å²) < 4.78 is 17.8. The number of nitrogens with zero attached hydrogens (tertiary/aromatic N) is 2. The minimum atomic E-state index is -1.16. The SMILES string of the molecule is COc1cc(F)c([N+](=O)[O-])c(C)c1[N+](=O)[O-]. The lowest BCUT2D eigenvalue weighted by atomic mass is 10.1. The molecule has 0 fully saturated rings. The van der Waals surface area contributed by atoms with E-state index >= 15 is 0 Å². The van der Waals surface area contributed by atoms with E-state index in [0.29, 0.717) is 6.07 Å². The fourth-order valence-electron chi connectivity index (χ4n) is 1.33. The lowest BCUT2D eigenvalue weighted by molar-refractivity contribution is -0.397. The molecule has 0 bridgehead atoms. The molecule has 0 saturated carbocycles. The van der Waals surface area contributed by atoms with E-state index in [4.69, 9.17) is 0 Å². The third-order valence-corrected chi connectivity index (χ3v) is 2.01. The van der Waals surface area contributed by atoms with Crippen LogP contribution in [0.1, 0.15) is 5.56 Å². The van der Waals surface area contributed by atoms with E-state index in [-0.39, 0.29) is 11.3 Å². The van der Waals surface area contributed by atoms with E-state index in [1.165, 1.54) is 0 Å². The molecule has 0 aromatic heterocycles. The lowest BCUT2D eigenvalue weighted by Gasteiger charge is -2.05. The zero-order valence-corrected chi connectivity index (χ0v) is 8.39. The number of halogens is 1. The van der Waals surface area contributed by atoms with Gasteiger partial charge in [-0.2, -0.15) is 4.39 Å². The maximum Gasteiger partial charge on any atom is 0.320 e. The van der Waals surface area contributed by atoms with Crippen molar-refractivity contribution in [3.8, 4) is 5.75 Å². The molecule has 8 heteroatoms. The Bertz CT molecular complexity index is 474. The Morgan fingerprint density at radius 3 is 2.12 bits per heavy atom. The van der Waals surface area contributed by atoms with Crippen molar-refractivity contribution in [2.75, 3.05) is 7.11 Å². The molecule has 0 spiro atoms. The molecule has 0 aliphatic rings. The number of methoxy groups -OCH3 is 1. The summed E-state index contributed by atoms with van der Waals surface area (Å²) >= 11 is 0. The van der Waals surface area contributed by atoms with Gasteiger partial charge in [0.15, 0.2) is 0 Å². The number of rotatable bonds is 3. The molecule has 1 aromatic rings. The number of hydrogen-bond acceptors (Lipinski definition) is 5. The molecule has 0 heterocycles. The van der Waals surface area contributed by atoms with Crippen molar-refractivity contribution in [2.45, 2.75) is 6.92 Å². The molecule has 1 aromatic carbocycles. The molecule has 0 N–H and O–H groups in total. The molecule has 16 heavy (non-hydrogen) atoms. The Kier molecular flexibility index (Phi) is 3.02. The maximum absolute atomic E-state index is 13.2. The maximum atomic E-state index is 13.2. The predicted molar refractivity (Wildman–Crippen MR) is 51.0 cm³/mol. The van der Waals surface area contributed by atoms with Crippen molar-refractivity contribution in [2.24, 2.45) is 0 Å².